The van der Waals surface area contributed by atoms with Gasteiger partial charge in [0.2, 0.25) is 5.91 Å². The van der Waals surface area contributed by atoms with Gasteiger partial charge in [-0.25, -0.2) is 0 Å². The zero-order valence-corrected chi connectivity index (χ0v) is 21.0. The summed E-state index contributed by atoms with van der Waals surface area (Å²) < 4.78 is 6.11. The van der Waals surface area contributed by atoms with Crippen molar-refractivity contribution >= 4 is 11.9 Å². The summed E-state index contributed by atoms with van der Waals surface area (Å²) in [6.45, 7) is 1.79. The number of carboxylic acid groups (broad SMARTS) is 1. The van der Waals surface area contributed by atoms with Crippen molar-refractivity contribution in [1.82, 2.24) is 4.90 Å². The molecule has 2 aromatic carbocycles. The minimum Gasteiger partial charge on any atom is -0.491 e. The molecule has 4 rings (SSSR count). The highest BCUT2D eigenvalue weighted by molar-refractivity contribution is 5.85. The van der Waals surface area contributed by atoms with E-state index in [-0.39, 0.29) is 23.8 Å². The van der Waals surface area contributed by atoms with Crippen molar-refractivity contribution in [3.63, 3.8) is 0 Å². The molecule has 7 nitrogen and oxygen atoms in total. The van der Waals surface area contributed by atoms with Crippen LogP contribution in [0, 0.1) is 11.8 Å². The van der Waals surface area contributed by atoms with E-state index in [9.17, 15) is 14.7 Å². The third-order valence-electron chi connectivity index (χ3n) is 7.73. The number of carboxylic acids is 1. The van der Waals surface area contributed by atoms with E-state index in [1.807, 2.05) is 35.2 Å². The smallest absolute Gasteiger partial charge is 0.304 e. The second-order valence-electron chi connectivity index (χ2n) is 10.1. The van der Waals surface area contributed by atoms with Crippen molar-refractivity contribution in [2.45, 2.75) is 63.3 Å². The van der Waals surface area contributed by atoms with Crippen molar-refractivity contribution in [1.29, 1.82) is 0 Å². The standard InChI is InChI=1S/C29H38N2O4.H2O/c30-19-22-8-10-23(11-9-22)24-12-14-27(15-13-24)35-20-26-17-25(18-28(32)33)29(34)31(26)16-4-7-21-5-2-1-3-6-21;/h1-3,5-6,12-15,22-23,25-26H,4,7-11,16-20,30H2,(H,32,33);1H2/t22-,23+,25-,26-;/m0./s1. The van der Waals surface area contributed by atoms with Crippen LogP contribution in [0.5, 0.6) is 5.75 Å². The third-order valence-corrected chi connectivity index (χ3v) is 7.73. The Bertz CT molecular complexity index is 957. The van der Waals surface area contributed by atoms with Gasteiger partial charge in [-0.1, -0.05) is 42.5 Å². The van der Waals surface area contributed by atoms with E-state index < -0.39 is 11.9 Å². The van der Waals surface area contributed by atoms with E-state index in [4.69, 9.17) is 10.5 Å². The fourth-order valence-electron chi connectivity index (χ4n) is 5.66. The molecule has 0 unspecified atom stereocenters. The van der Waals surface area contributed by atoms with Crippen LogP contribution < -0.4 is 10.5 Å². The van der Waals surface area contributed by atoms with E-state index >= 15 is 0 Å². The van der Waals surface area contributed by atoms with Crippen molar-refractivity contribution in [3.8, 4) is 5.75 Å². The predicted octanol–water partition coefficient (Wildman–Crippen LogP) is 3.80. The molecule has 0 radical (unpaired) electrons. The van der Waals surface area contributed by atoms with Gasteiger partial charge >= 0.3 is 5.97 Å². The van der Waals surface area contributed by atoms with Crippen molar-refractivity contribution in [2.24, 2.45) is 17.6 Å². The number of aryl methyl sites for hydroxylation is 1. The number of carbonyl (C=O) groups is 2. The molecule has 2 aromatic rings. The molecule has 0 spiro atoms. The molecule has 1 aliphatic heterocycles. The van der Waals surface area contributed by atoms with Crippen LogP contribution in [0.25, 0.3) is 0 Å². The monoisotopic (exact) mass is 496 g/mol. The summed E-state index contributed by atoms with van der Waals surface area (Å²) >= 11 is 0. The summed E-state index contributed by atoms with van der Waals surface area (Å²) in [7, 11) is 0. The maximum atomic E-state index is 13.0. The van der Waals surface area contributed by atoms with Gasteiger partial charge in [0, 0.05) is 6.54 Å². The van der Waals surface area contributed by atoms with E-state index in [0.29, 0.717) is 31.4 Å². The van der Waals surface area contributed by atoms with Crippen LogP contribution in [-0.4, -0.2) is 53.1 Å². The topological polar surface area (TPSA) is 124 Å². The number of benzene rings is 2. The molecule has 2 fully saturated rings. The lowest BCUT2D eigenvalue weighted by Gasteiger charge is -2.28. The Labute approximate surface area is 213 Å². The van der Waals surface area contributed by atoms with Crippen LogP contribution in [0.3, 0.4) is 0 Å². The SMILES string of the molecule is NC[C@H]1CC[C@@H](c2ccc(OC[C@@H]3C[C@@H](CC(=O)O)C(=O)N3CCCc3ccccc3)cc2)CC1.O. The van der Waals surface area contributed by atoms with Crippen LogP contribution in [-0.2, 0) is 16.0 Å². The molecule has 7 heteroatoms. The van der Waals surface area contributed by atoms with Crippen LogP contribution in [0.15, 0.2) is 54.6 Å². The second kappa shape index (κ2) is 13.4. The van der Waals surface area contributed by atoms with E-state index in [0.717, 1.165) is 25.1 Å². The maximum Gasteiger partial charge on any atom is 0.304 e. The number of rotatable bonds is 11. The Morgan fingerprint density at radius 2 is 1.72 bits per heavy atom. The number of aliphatic carboxylic acids is 1. The molecule has 1 aliphatic carbocycles. The van der Waals surface area contributed by atoms with Gasteiger partial charge in [0.1, 0.15) is 12.4 Å². The summed E-state index contributed by atoms with van der Waals surface area (Å²) in [5.41, 5.74) is 8.42. The summed E-state index contributed by atoms with van der Waals surface area (Å²) in [4.78, 5) is 26.1. The number of nitrogens with two attached hydrogens (primary N) is 1. The molecule has 36 heavy (non-hydrogen) atoms. The number of ether oxygens (including phenoxy) is 1. The van der Waals surface area contributed by atoms with Gasteiger partial charge in [0.15, 0.2) is 0 Å². The summed E-state index contributed by atoms with van der Waals surface area (Å²) in [5, 5.41) is 9.25. The Morgan fingerprint density at radius 1 is 1.03 bits per heavy atom. The van der Waals surface area contributed by atoms with Crippen LogP contribution in [0.2, 0.25) is 0 Å². The number of amides is 1. The Hall–Kier alpha value is -2.90. The Morgan fingerprint density at radius 3 is 2.36 bits per heavy atom. The number of hydrogen-bond acceptors (Lipinski definition) is 4. The summed E-state index contributed by atoms with van der Waals surface area (Å²) in [5.74, 6) is 0.606. The average Bonchev–Trinajstić information content (AvgIpc) is 3.17. The highest BCUT2D eigenvalue weighted by Crippen LogP contribution is 2.36. The molecule has 1 heterocycles. The molecular formula is C29H40N2O5. The molecule has 2 atom stereocenters. The lowest BCUT2D eigenvalue weighted by Crippen LogP contribution is -2.38. The van der Waals surface area contributed by atoms with Crippen LogP contribution >= 0.6 is 0 Å². The van der Waals surface area contributed by atoms with Gasteiger partial charge in [-0.05, 0) is 86.6 Å². The molecule has 0 aromatic heterocycles. The van der Waals surface area contributed by atoms with Gasteiger partial charge in [-0.15, -0.1) is 0 Å². The molecule has 1 saturated heterocycles. The van der Waals surface area contributed by atoms with Gasteiger partial charge < -0.3 is 26.0 Å². The first-order valence-corrected chi connectivity index (χ1v) is 13.0. The fraction of sp³-hybridized carbons (Fsp3) is 0.517. The summed E-state index contributed by atoms with van der Waals surface area (Å²) in [6.07, 6.45) is 6.91. The lowest BCUT2D eigenvalue weighted by atomic mass is 9.79. The zero-order chi connectivity index (χ0) is 24.6. The Balaban J connectivity index is 0.00000361. The van der Waals surface area contributed by atoms with E-state index in [2.05, 4.69) is 24.3 Å². The van der Waals surface area contributed by atoms with E-state index in [1.54, 1.807) is 0 Å². The minimum atomic E-state index is -0.926. The van der Waals surface area contributed by atoms with Crippen LogP contribution in [0.4, 0.5) is 0 Å². The molecule has 2 aliphatic rings. The molecular weight excluding hydrogens is 456 g/mol. The van der Waals surface area contributed by atoms with Gasteiger partial charge in [-0.3, -0.25) is 9.59 Å². The second-order valence-corrected chi connectivity index (χ2v) is 10.1. The third kappa shape index (κ3) is 7.31. The first-order chi connectivity index (χ1) is 17.0. The minimum absolute atomic E-state index is 0. The maximum absolute atomic E-state index is 13.0. The predicted molar refractivity (Wildman–Crippen MR) is 140 cm³/mol. The lowest BCUT2D eigenvalue weighted by molar-refractivity contribution is -0.142. The fourth-order valence-corrected chi connectivity index (χ4v) is 5.66. The molecule has 196 valence electrons. The zero-order valence-electron chi connectivity index (χ0n) is 21.0. The number of hydrogen-bond donors (Lipinski definition) is 2. The van der Waals surface area contributed by atoms with Crippen molar-refractivity contribution < 1.29 is 24.9 Å². The van der Waals surface area contributed by atoms with Crippen LogP contribution in [0.1, 0.15) is 62.0 Å². The molecule has 1 amide bonds. The van der Waals surface area contributed by atoms with Gasteiger partial charge in [0.05, 0.1) is 18.4 Å². The summed E-state index contributed by atoms with van der Waals surface area (Å²) in [6, 6.07) is 18.5. The quantitative estimate of drug-likeness (QED) is 0.490. The first kappa shape index (κ1) is 27.7. The average molecular weight is 497 g/mol. The normalized spacial score (nSPS) is 23.8. The highest BCUT2D eigenvalue weighted by Gasteiger charge is 2.40. The van der Waals surface area contributed by atoms with Gasteiger partial charge in [0.25, 0.3) is 0 Å². The van der Waals surface area contributed by atoms with Crippen molar-refractivity contribution in [2.75, 3.05) is 19.7 Å². The molecule has 5 N–H and O–H groups in total. The number of carbonyl (C=O) groups excluding carboxylic acids is 1. The van der Waals surface area contributed by atoms with Gasteiger partial charge in [-0.2, -0.15) is 0 Å². The first-order valence-electron chi connectivity index (χ1n) is 13.0. The highest BCUT2D eigenvalue weighted by atomic mass is 16.5. The van der Waals surface area contributed by atoms with Crippen molar-refractivity contribution in [3.05, 3.63) is 65.7 Å². The van der Waals surface area contributed by atoms with E-state index in [1.165, 1.54) is 36.8 Å². The number of likely N-dealkylation sites (tertiary alicyclic amines) is 1. The largest absolute Gasteiger partial charge is 0.491 e. The number of nitrogens with zero attached hydrogens (tertiary/aromatic N) is 1. The molecule has 1 saturated carbocycles. The Kier molecular flexibility index (Phi) is 10.3. The molecule has 0 bridgehead atoms.